The van der Waals surface area contributed by atoms with Crippen molar-refractivity contribution >= 4 is 23.7 Å². The predicted molar refractivity (Wildman–Crippen MR) is 56.1 cm³/mol. The fourth-order valence-corrected chi connectivity index (χ4v) is 2.05. The molecule has 74 valence electrons. The molecule has 1 aliphatic rings. The number of nitrogens with one attached hydrogen (secondary N) is 1. The Labute approximate surface area is 86.8 Å². The van der Waals surface area contributed by atoms with Crippen LogP contribution in [0.15, 0.2) is 23.4 Å². The van der Waals surface area contributed by atoms with Crippen molar-refractivity contribution in [2.24, 2.45) is 0 Å². The maximum atomic E-state index is 11.6. The van der Waals surface area contributed by atoms with Gasteiger partial charge in [0.25, 0.3) is 0 Å². The number of nitrogens with zero attached hydrogens (tertiary/aromatic N) is 2. The van der Waals surface area contributed by atoms with E-state index in [0.29, 0.717) is 0 Å². The highest BCUT2D eigenvalue weighted by atomic mass is 32.2. The van der Waals surface area contributed by atoms with E-state index >= 15 is 0 Å². The number of carbonyl (C=O) groups is 1. The number of hydrogen-bond donors (Lipinski definition) is 1. The molecule has 4 nitrogen and oxygen atoms in total. The van der Waals surface area contributed by atoms with E-state index < -0.39 is 0 Å². The first-order valence-corrected chi connectivity index (χ1v) is 5.19. The van der Waals surface area contributed by atoms with Crippen LogP contribution in [0.25, 0.3) is 0 Å². The normalized spacial score (nSPS) is 15.4. The average Bonchev–Trinajstić information content (AvgIpc) is 2.16. The van der Waals surface area contributed by atoms with Gasteiger partial charge in [-0.25, -0.2) is 9.78 Å². The van der Waals surface area contributed by atoms with E-state index in [1.54, 1.807) is 10.5 Å². The summed E-state index contributed by atoms with van der Waals surface area (Å²) in [5, 5.41) is 3.64. The number of amides is 2. The molecule has 2 rings (SSSR count). The Balaban J connectivity index is 2.31. The zero-order chi connectivity index (χ0) is 10.1. The van der Waals surface area contributed by atoms with Gasteiger partial charge in [-0.3, -0.25) is 4.31 Å². The molecule has 0 unspecified atom stereocenters. The molecule has 0 saturated carbocycles. The minimum atomic E-state index is -0.0782. The molecule has 0 aliphatic carbocycles. The van der Waals surface area contributed by atoms with Crippen LogP contribution in [0.2, 0.25) is 0 Å². The first kappa shape index (κ1) is 9.33. The van der Waals surface area contributed by atoms with Gasteiger partial charge in [0.2, 0.25) is 0 Å². The van der Waals surface area contributed by atoms with Crippen molar-refractivity contribution in [3.05, 3.63) is 18.3 Å². The van der Waals surface area contributed by atoms with Crippen LogP contribution >= 0.6 is 11.9 Å². The second-order valence-electron chi connectivity index (χ2n) is 3.30. The highest BCUT2D eigenvalue weighted by Gasteiger charge is 2.26. The molecule has 0 fully saturated rings. The van der Waals surface area contributed by atoms with Crippen molar-refractivity contribution < 1.29 is 4.79 Å². The topological polar surface area (TPSA) is 45.2 Å². The third kappa shape index (κ3) is 1.55. The van der Waals surface area contributed by atoms with E-state index in [1.807, 2.05) is 26.0 Å². The Morgan fingerprint density at radius 3 is 3.07 bits per heavy atom. The van der Waals surface area contributed by atoms with Gasteiger partial charge in [-0.15, -0.1) is 0 Å². The number of aromatic nitrogens is 1. The molecule has 0 spiro atoms. The molecule has 0 radical (unpaired) electrons. The zero-order valence-electron chi connectivity index (χ0n) is 8.02. The van der Waals surface area contributed by atoms with Crippen molar-refractivity contribution in [1.82, 2.24) is 9.29 Å². The van der Waals surface area contributed by atoms with Gasteiger partial charge in [0.05, 0.1) is 5.69 Å². The molecule has 0 bridgehead atoms. The molecule has 1 aromatic rings. The number of rotatable bonds is 1. The highest BCUT2D eigenvalue weighted by Crippen LogP contribution is 2.33. The molecule has 14 heavy (non-hydrogen) atoms. The van der Waals surface area contributed by atoms with Crippen molar-refractivity contribution in [2.45, 2.75) is 24.9 Å². The average molecular weight is 209 g/mol. The van der Waals surface area contributed by atoms with Gasteiger partial charge in [0.1, 0.15) is 5.03 Å². The quantitative estimate of drug-likeness (QED) is 0.722. The molecule has 2 heterocycles. The van der Waals surface area contributed by atoms with Crippen molar-refractivity contribution in [1.29, 1.82) is 0 Å². The Morgan fingerprint density at radius 2 is 2.36 bits per heavy atom. The van der Waals surface area contributed by atoms with Crippen LogP contribution in [-0.4, -0.2) is 21.4 Å². The number of carbonyl (C=O) groups excluding carboxylic acids is 1. The molecule has 2 amide bonds. The summed E-state index contributed by atoms with van der Waals surface area (Å²) in [5.74, 6) is 0. The van der Waals surface area contributed by atoms with E-state index in [9.17, 15) is 4.79 Å². The van der Waals surface area contributed by atoms with Crippen LogP contribution < -0.4 is 5.32 Å². The lowest BCUT2D eigenvalue weighted by Gasteiger charge is -2.29. The first-order chi connectivity index (χ1) is 6.68. The summed E-state index contributed by atoms with van der Waals surface area (Å²) >= 11 is 1.38. The molecule has 0 aromatic carbocycles. The third-order valence-corrected chi connectivity index (χ3v) is 3.15. The number of anilines is 1. The summed E-state index contributed by atoms with van der Waals surface area (Å²) in [5.41, 5.74) is 0.791. The van der Waals surface area contributed by atoms with E-state index in [-0.39, 0.29) is 12.1 Å². The lowest BCUT2D eigenvalue weighted by Crippen LogP contribution is -2.37. The minimum absolute atomic E-state index is 0.0782. The summed E-state index contributed by atoms with van der Waals surface area (Å²) in [7, 11) is 0. The minimum Gasteiger partial charge on any atom is -0.304 e. The Bertz CT molecular complexity index is 367. The van der Waals surface area contributed by atoms with Crippen LogP contribution in [0.4, 0.5) is 10.5 Å². The summed E-state index contributed by atoms with van der Waals surface area (Å²) in [6.45, 7) is 3.95. The van der Waals surface area contributed by atoms with Gasteiger partial charge in [-0.2, -0.15) is 0 Å². The maximum Gasteiger partial charge on any atom is 0.332 e. The third-order valence-electron chi connectivity index (χ3n) is 1.87. The first-order valence-electron chi connectivity index (χ1n) is 4.41. The Kier molecular flexibility index (Phi) is 2.33. The van der Waals surface area contributed by atoms with Crippen molar-refractivity contribution in [3.8, 4) is 0 Å². The van der Waals surface area contributed by atoms with Crippen LogP contribution in [0.3, 0.4) is 0 Å². The number of fused-ring (bicyclic) bond motifs is 1. The molecular formula is C9H11N3OS. The molecule has 1 aliphatic heterocycles. The fraction of sp³-hybridized carbons (Fsp3) is 0.333. The standard InChI is InChI=1S/C9H11N3OS/c1-6(2)12-9(13)11-7-4-3-5-10-8(7)14-12/h3-6H,1-2H3,(H,11,13). The largest absolute Gasteiger partial charge is 0.332 e. The molecule has 0 atom stereocenters. The Morgan fingerprint density at radius 1 is 1.57 bits per heavy atom. The number of pyridine rings is 1. The molecule has 0 saturated heterocycles. The number of urea groups is 1. The van der Waals surface area contributed by atoms with E-state index in [2.05, 4.69) is 10.3 Å². The number of hydrogen-bond acceptors (Lipinski definition) is 3. The van der Waals surface area contributed by atoms with Crippen LogP contribution in [-0.2, 0) is 0 Å². The van der Waals surface area contributed by atoms with Gasteiger partial charge in [0.15, 0.2) is 0 Å². The van der Waals surface area contributed by atoms with Gasteiger partial charge in [0, 0.05) is 24.2 Å². The van der Waals surface area contributed by atoms with Gasteiger partial charge < -0.3 is 5.32 Å². The van der Waals surface area contributed by atoms with Gasteiger partial charge in [-0.05, 0) is 26.0 Å². The van der Waals surface area contributed by atoms with Gasteiger partial charge >= 0.3 is 6.03 Å². The van der Waals surface area contributed by atoms with Crippen molar-refractivity contribution in [2.75, 3.05) is 5.32 Å². The fourth-order valence-electron chi connectivity index (χ4n) is 1.20. The lowest BCUT2D eigenvalue weighted by molar-refractivity contribution is 0.232. The van der Waals surface area contributed by atoms with E-state index in [1.165, 1.54) is 11.9 Å². The second-order valence-corrected chi connectivity index (χ2v) is 4.26. The summed E-state index contributed by atoms with van der Waals surface area (Å²) in [6.07, 6.45) is 1.72. The van der Waals surface area contributed by atoms with Crippen LogP contribution in [0.1, 0.15) is 13.8 Å². The van der Waals surface area contributed by atoms with Crippen LogP contribution in [0, 0.1) is 0 Å². The summed E-state index contributed by atoms with van der Waals surface area (Å²) in [6, 6.07) is 3.75. The van der Waals surface area contributed by atoms with E-state index in [0.717, 1.165) is 10.7 Å². The SMILES string of the molecule is CC(C)N1Sc2ncccc2NC1=O. The highest BCUT2D eigenvalue weighted by molar-refractivity contribution is 7.97. The van der Waals surface area contributed by atoms with Crippen molar-refractivity contribution in [3.63, 3.8) is 0 Å². The Hall–Kier alpha value is -1.23. The monoisotopic (exact) mass is 209 g/mol. The molecular weight excluding hydrogens is 198 g/mol. The zero-order valence-corrected chi connectivity index (χ0v) is 8.84. The summed E-state index contributed by atoms with van der Waals surface area (Å²) < 4.78 is 1.68. The smallest absolute Gasteiger partial charge is 0.304 e. The summed E-state index contributed by atoms with van der Waals surface area (Å²) in [4.78, 5) is 15.8. The maximum absolute atomic E-state index is 11.6. The lowest BCUT2D eigenvalue weighted by atomic mass is 10.4. The van der Waals surface area contributed by atoms with E-state index in [4.69, 9.17) is 0 Å². The van der Waals surface area contributed by atoms with Crippen LogP contribution in [0.5, 0.6) is 0 Å². The second kappa shape index (κ2) is 3.49. The predicted octanol–water partition coefficient (Wildman–Crippen LogP) is 2.34. The molecule has 1 N–H and O–H groups in total. The molecule has 1 aromatic heterocycles. The molecule has 5 heteroatoms. The van der Waals surface area contributed by atoms with Gasteiger partial charge in [-0.1, -0.05) is 0 Å².